The molecule has 1 aliphatic carbocycles. The highest BCUT2D eigenvalue weighted by atomic mass is 19.4. The highest BCUT2D eigenvalue weighted by Gasteiger charge is 2.46. The minimum Gasteiger partial charge on any atom is -0.495 e. The van der Waals surface area contributed by atoms with E-state index < -0.39 is 18.1 Å². The van der Waals surface area contributed by atoms with E-state index in [0.29, 0.717) is 34.1 Å². The van der Waals surface area contributed by atoms with Crippen molar-refractivity contribution in [2.24, 2.45) is 5.41 Å². The number of hydrogen-bond donors (Lipinski definition) is 2. The summed E-state index contributed by atoms with van der Waals surface area (Å²) in [6, 6.07) is 16.0. The number of ether oxygens (including phenoxy) is 2. The largest absolute Gasteiger partial charge is 0.495 e. The van der Waals surface area contributed by atoms with E-state index >= 15 is 0 Å². The Morgan fingerprint density at radius 3 is 2.45 bits per heavy atom. The molecule has 1 aromatic heterocycles. The predicted octanol–water partition coefficient (Wildman–Crippen LogP) is 7.31. The number of likely N-dealkylation sites (tertiary alicyclic amines) is 1. The zero-order valence-electron chi connectivity index (χ0n) is 27.5. The van der Waals surface area contributed by atoms with Crippen molar-refractivity contribution in [1.82, 2.24) is 9.47 Å². The van der Waals surface area contributed by atoms with Crippen LogP contribution in [0.25, 0.3) is 10.9 Å². The van der Waals surface area contributed by atoms with E-state index in [0.717, 1.165) is 55.5 Å². The summed E-state index contributed by atoms with van der Waals surface area (Å²) in [7, 11) is 1.55. The van der Waals surface area contributed by atoms with Crippen LogP contribution < -0.4 is 15.4 Å². The van der Waals surface area contributed by atoms with Crippen molar-refractivity contribution >= 4 is 22.3 Å². The van der Waals surface area contributed by atoms with Crippen molar-refractivity contribution in [2.45, 2.75) is 82.6 Å². The molecule has 0 atom stereocenters. The fraction of sp³-hybridized carbons (Fsp3) is 0.541. The molecule has 0 amide bonds. The van der Waals surface area contributed by atoms with Crippen molar-refractivity contribution in [3.05, 3.63) is 53.7 Å². The van der Waals surface area contributed by atoms with Crippen LogP contribution in [0.3, 0.4) is 0 Å². The van der Waals surface area contributed by atoms with Crippen molar-refractivity contribution in [3.63, 3.8) is 0 Å². The minimum atomic E-state index is -4.39. The Labute approximate surface area is 275 Å². The van der Waals surface area contributed by atoms with E-state index in [-0.39, 0.29) is 12.6 Å². The van der Waals surface area contributed by atoms with Crippen molar-refractivity contribution < 1.29 is 22.6 Å². The van der Waals surface area contributed by atoms with Crippen LogP contribution >= 0.6 is 0 Å². The number of anilines is 2. The van der Waals surface area contributed by atoms with Crippen LogP contribution in [0.4, 0.5) is 24.5 Å². The van der Waals surface area contributed by atoms with E-state index in [1.54, 1.807) is 19.2 Å². The average Bonchev–Trinajstić information content (AvgIpc) is 3.39. The Kier molecular flexibility index (Phi) is 9.38. The molecule has 2 aromatic carbocycles. The summed E-state index contributed by atoms with van der Waals surface area (Å²) in [5.41, 5.74) is 2.98. The number of methoxy groups -OCH3 is 1. The predicted molar refractivity (Wildman–Crippen MR) is 179 cm³/mol. The number of benzene rings is 2. The summed E-state index contributed by atoms with van der Waals surface area (Å²) in [6.07, 6.45) is 2.28. The summed E-state index contributed by atoms with van der Waals surface area (Å²) >= 11 is 0. The Morgan fingerprint density at radius 1 is 1.02 bits per heavy atom. The second-order valence-corrected chi connectivity index (χ2v) is 13.9. The molecule has 1 saturated carbocycles. The van der Waals surface area contributed by atoms with Gasteiger partial charge in [0.15, 0.2) is 0 Å². The first-order valence-electron chi connectivity index (χ1n) is 16.6. The number of hydrogen-bond acceptors (Lipinski definition) is 6. The van der Waals surface area contributed by atoms with Gasteiger partial charge in [0.05, 0.1) is 42.0 Å². The molecule has 6 rings (SSSR count). The maximum atomic E-state index is 13.7. The van der Waals surface area contributed by atoms with Gasteiger partial charge in [0.2, 0.25) is 0 Å². The topological polar surface area (TPSA) is 74.5 Å². The second kappa shape index (κ2) is 13.3. The van der Waals surface area contributed by atoms with Gasteiger partial charge in [0, 0.05) is 54.9 Å². The Morgan fingerprint density at radius 2 is 1.77 bits per heavy atom. The number of fused-ring (bicyclic) bond motifs is 1. The average molecular weight is 648 g/mol. The van der Waals surface area contributed by atoms with Gasteiger partial charge in [-0.3, -0.25) is 4.90 Å². The molecule has 7 nitrogen and oxygen atoms in total. The van der Waals surface area contributed by atoms with Gasteiger partial charge >= 0.3 is 6.18 Å². The molecule has 3 fully saturated rings. The highest BCUT2D eigenvalue weighted by molar-refractivity contribution is 5.94. The lowest BCUT2D eigenvalue weighted by molar-refractivity contribution is -0.140. The molecule has 3 heterocycles. The Bertz CT molecular complexity index is 1670. The van der Waals surface area contributed by atoms with Gasteiger partial charge in [-0.25, -0.2) is 0 Å². The van der Waals surface area contributed by atoms with Crippen molar-refractivity contribution in [2.75, 3.05) is 50.6 Å². The van der Waals surface area contributed by atoms with Crippen LogP contribution in [0.1, 0.15) is 63.6 Å². The summed E-state index contributed by atoms with van der Waals surface area (Å²) < 4.78 is 53.6. The summed E-state index contributed by atoms with van der Waals surface area (Å²) in [5.74, 6) is 6.56. The molecule has 2 aliphatic heterocycles. The highest BCUT2D eigenvalue weighted by Crippen LogP contribution is 2.43. The van der Waals surface area contributed by atoms with Crippen LogP contribution in [0, 0.1) is 28.6 Å². The van der Waals surface area contributed by atoms with Crippen molar-refractivity contribution in [1.29, 1.82) is 5.26 Å². The fourth-order valence-electron chi connectivity index (χ4n) is 7.43. The molecule has 2 N–H and O–H groups in total. The molecule has 3 aromatic rings. The van der Waals surface area contributed by atoms with Crippen LogP contribution in [0.15, 0.2) is 42.5 Å². The summed E-state index contributed by atoms with van der Waals surface area (Å²) in [4.78, 5) is 2.65. The minimum absolute atomic E-state index is 0.200. The number of aromatic nitrogens is 1. The van der Waals surface area contributed by atoms with Gasteiger partial charge < -0.3 is 24.7 Å². The number of rotatable bonds is 8. The Hall–Kier alpha value is -3.86. The molecule has 47 heavy (non-hydrogen) atoms. The first-order chi connectivity index (χ1) is 22.5. The fourth-order valence-corrected chi connectivity index (χ4v) is 7.43. The molecular formula is C37H44F3N5O2. The van der Waals surface area contributed by atoms with E-state index in [9.17, 15) is 18.4 Å². The molecular weight excluding hydrogens is 603 g/mol. The standard InChI is InChI=1S/C37H44F3N5O2/c1-35(2,22-41)26-9-14-32(34(20-26)46-3)42-17-5-6-29-21-30-31(7-4-8-33(30)45(29)25-37(38,39)40)43-27-10-12-28(13-11-27)44-23-36(24-44)15-18-47-19-16-36/h4,7-9,14,20-21,27-28,42-43H,10-13,15-19,23-25H2,1-3H3/t27-,28+. The number of nitrogens with one attached hydrogen (secondary N) is 2. The third-order valence-corrected chi connectivity index (χ3v) is 10.3. The van der Waals surface area contributed by atoms with Gasteiger partial charge in [-0.05, 0) is 94.2 Å². The van der Waals surface area contributed by atoms with Gasteiger partial charge in [-0.1, -0.05) is 18.1 Å². The van der Waals surface area contributed by atoms with Gasteiger partial charge in [0.25, 0.3) is 0 Å². The SMILES string of the molecule is COc1cc(C(C)(C)C#N)ccc1NCC#Cc1cc2c(N[C@H]3CC[C@@H](N4CC5(CCOCC5)C4)CC3)cccc2n1CC(F)(F)F. The molecule has 250 valence electrons. The van der Waals surface area contributed by atoms with Crippen LogP contribution in [0.5, 0.6) is 5.75 Å². The van der Waals surface area contributed by atoms with Crippen LogP contribution in [-0.4, -0.2) is 67.7 Å². The van der Waals surface area contributed by atoms with E-state index in [2.05, 4.69) is 33.4 Å². The lowest BCUT2D eigenvalue weighted by Crippen LogP contribution is -2.62. The van der Waals surface area contributed by atoms with Gasteiger partial charge in [-0.2, -0.15) is 18.4 Å². The van der Waals surface area contributed by atoms with Crippen LogP contribution in [0.2, 0.25) is 0 Å². The van der Waals surface area contributed by atoms with E-state index in [1.807, 2.05) is 44.2 Å². The molecule has 0 bridgehead atoms. The maximum Gasteiger partial charge on any atom is 0.406 e. The lowest BCUT2D eigenvalue weighted by Gasteiger charge is -2.56. The zero-order valence-corrected chi connectivity index (χ0v) is 27.5. The third kappa shape index (κ3) is 7.35. The molecule has 1 spiro atoms. The molecule has 3 aliphatic rings. The van der Waals surface area contributed by atoms with E-state index in [1.165, 1.54) is 30.5 Å². The normalized spacial score (nSPS) is 21.4. The summed E-state index contributed by atoms with van der Waals surface area (Å²) in [5, 5.41) is 17.1. The van der Waals surface area contributed by atoms with Gasteiger partial charge in [0.1, 0.15) is 12.3 Å². The maximum absolute atomic E-state index is 13.7. The number of halogens is 3. The lowest BCUT2D eigenvalue weighted by atomic mass is 9.71. The number of nitriles is 1. The van der Waals surface area contributed by atoms with Gasteiger partial charge in [-0.15, -0.1) is 0 Å². The number of nitrogens with zero attached hydrogens (tertiary/aromatic N) is 3. The second-order valence-electron chi connectivity index (χ2n) is 13.9. The van der Waals surface area contributed by atoms with E-state index in [4.69, 9.17) is 9.47 Å². The molecule has 10 heteroatoms. The smallest absolute Gasteiger partial charge is 0.406 e. The molecule has 2 saturated heterocycles. The molecule has 0 radical (unpaired) electrons. The Balaban J connectivity index is 1.14. The zero-order chi connectivity index (χ0) is 33.2. The first kappa shape index (κ1) is 33.1. The van der Waals surface area contributed by atoms with Crippen LogP contribution in [-0.2, 0) is 16.7 Å². The number of alkyl halides is 3. The monoisotopic (exact) mass is 647 g/mol. The third-order valence-electron chi connectivity index (χ3n) is 10.3. The summed E-state index contributed by atoms with van der Waals surface area (Å²) in [6.45, 7) is 6.90. The van der Waals surface area contributed by atoms with Crippen molar-refractivity contribution in [3.8, 4) is 23.7 Å². The first-order valence-corrected chi connectivity index (χ1v) is 16.6. The molecule has 0 unspecified atom stereocenters. The quantitative estimate of drug-likeness (QED) is 0.250.